The number of amides is 2. The quantitative estimate of drug-likeness (QED) is 0.686. The summed E-state index contributed by atoms with van der Waals surface area (Å²) in [5, 5.41) is 2.02. The summed E-state index contributed by atoms with van der Waals surface area (Å²) in [5.74, 6) is -6.95. The molecule has 126 valence electrons. The molecule has 2 aromatic carbocycles. The average Bonchev–Trinajstić information content (AvgIpc) is 2.54. The van der Waals surface area contributed by atoms with Crippen LogP contribution < -0.4 is 10.2 Å². The number of hydrogen-bond acceptors (Lipinski definition) is 2. The number of anilines is 2. The Hall–Kier alpha value is -2.90. The molecule has 1 N–H and O–H groups in total. The fourth-order valence-corrected chi connectivity index (χ4v) is 1.99. The van der Waals surface area contributed by atoms with Gasteiger partial charge in [-0.2, -0.15) is 0 Å². The Kier molecular flexibility index (Phi) is 5.18. The lowest BCUT2D eigenvalue weighted by Crippen LogP contribution is -2.37. The Morgan fingerprint density at radius 1 is 0.958 bits per heavy atom. The van der Waals surface area contributed by atoms with Crippen LogP contribution in [0.25, 0.3) is 0 Å². The third-order valence-corrected chi connectivity index (χ3v) is 3.13. The predicted molar refractivity (Wildman–Crippen MR) is 79.4 cm³/mol. The molecular formula is C16H12F4N2O2. The zero-order valence-corrected chi connectivity index (χ0v) is 12.4. The minimum atomic E-state index is -1.73. The van der Waals surface area contributed by atoms with E-state index < -0.39 is 47.3 Å². The maximum atomic E-state index is 13.8. The van der Waals surface area contributed by atoms with Crippen LogP contribution in [0.5, 0.6) is 0 Å². The second-order valence-corrected chi connectivity index (χ2v) is 4.83. The van der Waals surface area contributed by atoms with E-state index in [4.69, 9.17) is 0 Å². The Balaban J connectivity index is 2.20. The second-order valence-electron chi connectivity index (χ2n) is 4.83. The lowest BCUT2D eigenvalue weighted by atomic mass is 10.2. The number of nitrogens with one attached hydrogen (secondary N) is 1. The third-order valence-electron chi connectivity index (χ3n) is 3.13. The van der Waals surface area contributed by atoms with Crippen molar-refractivity contribution >= 4 is 23.2 Å². The number of rotatable bonds is 4. The van der Waals surface area contributed by atoms with E-state index >= 15 is 0 Å². The molecule has 0 aliphatic heterocycles. The molecule has 2 rings (SSSR count). The van der Waals surface area contributed by atoms with E-state index in [9.17, 15) is 27.2 Å². The largest absolute Gasteiger partial charge is 0.322 e. The molecule has 0 saturated carbocycles. The molecule has 0 heterocycles. The van der Waals surface area contributed by atoms with Gasteiger partial charge in [-0.1, -0.05) is 12.1 Å². The van der Waals surface area contributed by atoms with Crippen LogP contribution in [-0.4, -0.2) is 18.4 Å². The number of para-hydroxylation sites is 1. The number of nitrogens with zero attached hydrogens (tertiary/aromatic N) is 1. The fraction of sp³-hybridized carbons (Fsp3) is 0.125. The van der Waals surface area contributed by atoms with Crippen LogP contribution in [-0.2, 0) is 9.59 Å². The summed E-state index contributed by atoms with van der Waals surface area (Å²) < 4.78 is 53.3. The van der Waals surface area contributed by atoms with E-state index in [1.165, 1.54) is 18.2 Å². The Morgan fingerprint density at radius 3 is 2.25 bits per heavy atom. The van der Waals surface area contributed by atoms with Gasteiger partial charge in [-0.3, -0.25) is 9.59 Å². The maximum absolute atomic E-state index is 13.8. The number of carbonyl (C=O) groups excluding carboxylic acids is 2. The van der Waals surface area contributed by atoms with E-state index in [2.05, 4.69) is 0 Å². The number of carbonyl (C=O) groups is 2. The van der Waals surface area contributed by atoms with Crippen molar-refractivity contribution < 1.29 is 27.2 Å². The van der Waals surface area contributed by atoms with E-state index in [1.807, 2.05) is 5.32 Å². The standard InChI is InChI=1S/C16H12F4N2O2/c1-9(23)22(13-5-3-2-4-10(13)17)8-14(24)21-12-7-6-11(18)15(19)16(12)20/h2-7H,8H2,1H3,(H,21,24). The van der Waals surface area contributed by atoms with Crippen LogP contribution in [0.4, 0.5) is 28.9 Å². The van der Waals surface area contributed by atoms with Crippen molar-refractivity contribution in [2.24, 2.45) is 0 Å². The number of hydrogen-bond donors (Lipinski definition) is 1. The van der Waals surface area contributed by atoms with Gasteiger partial charge in [0.1, 0.15) is 12.4 Å². The SMILES string of the molecule is CC(=O)N(CC(=O)Nc1ccc(F)c(F)c1F)c1ccccc1F. The first-order chi connectivity index (χ1) is 11.3. The zero-order chi connectivity index (χ0) is 17.9. The van der Waals surface area contributed by atoms with Crippen LogP contribution in [0.2, 0.25) is 0 Å². The minimum Gasteiger partial charge on any atom is -0.322 e. The molecule has 0 fully saturated rings. The van der Waals surface area contributed by atoms with E-state index in [0.717, 1.165) is 24.0 Å². The normalized spacial score (nSPS) is 10.4. The Labute approximate surface area is 134 Å². The summed E-state index contributed by atoms with van der Waals surface area (Å²) in [7, 11) is 0. The number of benzene rings is 2. The van der Waals surface area contributed by atoms with Crippen molar-refractivity contribution in [1.82, 2.24) is 0 Å². The summed E-state index contributed by atoms with van der Waals surface area (Å²) in [5.41, 5.74) is -0.721. The van der Waals surface area contributed by atoms with Gasteiger partial charge in [-0.15, -0.1) is 0 Å². The zero-order valence-electron chi connectivity index (χ0n) is 12.4. The Morgan fingerprint density at radius 2 is 1.62 bits per heavy atom. The highest BCUT2D eigenvalue weighted by Crippen LogP contribution is 2.21. The molecule has 0 aromatic heterocycles. The molecule has 0 bridgehead atoms. The van der Waals surface area contributed by atoms with Gasteiger partial charge in [0, 0.05) is 6.92 Å². The molecular weight excluding hydrogens is 328 g/mol. The molecule has 2 amide bonds. The third kappa shape index (κ3) is 3.70. The molecule has 0 saturated heterocycles. The molecule has 0 unspecified atom stereocenters. The van der Waals surface area contributed by atoms with Crippen molar-refractivity contribution in [3.63, 3.8) is 0 Å². The van der Waals surface area contributed by atoms with Crippen LogP contribution in [0.3, 0.4) is 0 Å². The summed E-state index contributed by atoms with van der Waals surface area (Å²) in [6.07, 6.45) is 0. The molecule has 8 heteroatoms. The molecule has 0 spiro atoms. The molecule has 2 aromatic rings. The summed E-state index contributed by atoms with van der Waals surface area (Å²) >= 11 is 0. The molecule has 0 aliphatic carbocycles. The molecule has 0 atom stereocenters. The predicted octanol–water partition coefficient (Wildman–Crippen LogP) is 3.23. The van der Waals surface area contributed by atoms with E-state index in [-0.39, 0.29) is 5.69 Å². The lowest BCUT2D eigenvalue weighted by Gasteiger charge is -2.21. The van der Waals surface area contributed by atoms with E-state index in [1.54, 1.807) is 0 Å². The van der Waals surface area contributed by atoms with Gasteiger partial charge in [0.15, 0.2) is 17.5 Å². The minimum absolute atomic E-state index is 0.133. The average molecular weight is 340 g/mol. The monoisotopic (exact) mass is 340 g/mol. The van der Waals surface area contributed by atoms with Gasteiger partial charge in [-0.05, 0) is 24.3 Å². The summed E-state index contributed by atoms with van der Waals surface area (Å²) in [4.78, 5) is 24.4. The smallest absolute Gasteiger partial charge is 0.244 e. The highest BCUT2D eigenvalue weighted by molar-refractivity contribution is 6.01. The first-order valence-electron chi connectivity index (χ1n) is 6.77. The van der Waals surface area contributed by atoms with Gasteiger partial charge < -0.3 is 10.2 Å². The molecule has 0 radical (unpaired) electrons. The first kappa shape index (κ1) is 17.5. The molecule has 0 aliphatic rings. The van der Waals surface area contributed by atoms with Gasteiger partial charge in [0.25, 0.3) is 0 Å². The Bertz CT molecular complexity index is 796. The maximum Gasteiger partial charge on any atom is 0.244 e. The molecule has 24 heavy (non-hydrogen) atoms. The van der Waals surface area contributed by atoms with Crippen molar-refractivity contribution in [2.75, 3.05) is 16.8 Å². The van der Waals surface area contributed by atoms with Gasteiger partial charge in [0.05, 0.1) is 11.4 Å². The van der Waals surface area contributed by atoms with Crippen LogP contribution in [0, 0.1) is 23.3 Å². The van der Waals surface area contributed by atoms with Crippen molar-refractivity contribution in [3.8, 4) is 0 Å². The topological polar surface area (TPSA) is 49.4 Å². The van der Waals surface area contributed by atoms with Crippen LogP contribution in [0.15, 0.2) is 36.4 Å². The van der Waals surface area contributed by atoms with Crippen molar-refractivity contribution in [1.29, 1.82) is 0 Å². The highest BCUT2D eigenvalue weighted by atomic mass is 19.2. The summed E-state index contributed by atoms with van der Waals surface area (Å²) in [6, 6.07) is 6.77. The van der Waals surface area contributed by atoms with Crippen molar-refractivity contribution in [2.45, 2.75) is 6.92 Å². The molecule has 4 nitrogen and oxygen atoms in total. The highest BCUT2D eigenvalue weighted by Gasteiger charge is 2.20. The van der Waals surface area contributed by atoms with Crippen molar-refractivity contribution in [3.05, 3.63) is 59.7 Å². The number of halogens is 4. The van der Waals surface area contributed by atoms with Gasteiger partial charge in [-0.25, -0.2) is 17.6 Å². The summed E-state index contributed by atoms with van der Waals surface area (Å²) in [6.45, 7) is 0.493. The lowest BCUT2D eigenvalue weighted by molar-refractivity contribution is -0.120. The van der Waals surface area contributed by atoms with E-state index in [0.29, 0.717) is 6.07 Å². The van der Waals surface area contributed by atoms with Gasteiger partial charge >= 0.3 is 0 Å². The van der Waals surface area contributed by atoms with Crippen LogP contribution >= 0.6 is 0 Å². The van der Waals surface area contributed by atoms with Crippen LogP contribution in [0.1, 0.15) is 6.92 Å². The van der Waals surface area contributed by atoms with Gasteiger partial charge in [0.2, 0.25) is 11.8 Å². The second kappa shape index (κ2) is 7.12. The fourth-order valence-electron chi connectivity index (χ4n) is 1.99. The first-order valence-corrected chi connectivity index (χ1v) is 6.77.